The van der Waals surface area contributed by atoms with Crippen molar-refractivity contribution >= 4 is 5.97 Å². The highest BCUT2D eigenvalue weighted by atomic mass is 127. The second-order valence-electron chi connectivity index (χ2n) is 8.45. The summed E-state index contributed by atoms with van der Waals surface area (Å²) in [7, 11) is 0. The predicted molar refractivity (Wildman–Crippen MR) is 109 cm³/mol. The summed E-state index contributed by atoms with van der Waals surface area (Å²) in [6.07, 6.45) is 16.8. The molecule has 0 aliphatic heterocycles. The third kappa shape index (κ3) is 9.75. The topological polar surface area (TPSA) is 44.8 Å². The van der Waals surface area contributed by atoms with Crippen molar-refractivity contribution in [1.82, 2.24) is 0 Å². The Labute approximate surface area is 183 Å². The predicted octanol–water partition coefficient (Wildman–Crippen LogP) is 2.82. The molecule has 2 fully saturated rings. The maximum atomic E-state index is 12.2. The third-order valence-electron chi connectivity index (χ3n) is 5.98. The van der Waals surface area contributed by atoms with Gasteiger partial charge in [-0.25, -0.2) is 9.78 Å². The van der Waals surface area contributed by atoms with Crippen LogP contribution in [-0.4, -0.2) is 33.1 Å². The highest BCUT2D eigenvalue weighted by Gasteiger charge is 2.39. The van der Waals surface area contributed by atoms with Crippen LogP contribution in [0.5, 0.6) is 0 Å². The molecule has 0 heterocycles. The lowest BCUT2D eigenvalue weighted by molar-refractivity contribution is -0.726. The number of rotatable bonds is 13. The summed E-state index contributed by atoms with van der Waals surface area (Å²) in [4.78, 5) is 23.2. The summed E-state index contributed by atoms with van der Waals surface area (Å²) in [5, 5.41) is 0. The Morgan fingerprint density at radius 2 is 1.36 bits per heavy atom. The molecule has 0 aromatic carbocycles. The van der Waals surface area contributed by atoms with Crippen LogP contribution < -0.4 is 21.2 Å². The minimum atomic E-state index is 0.0735. The maximum absolute atomic E-state index is 12.2. The number of hydrogen-bond acceptors (Lipinski definition) is 4. The van der Waals surface area contributed by atoms with Crippen molar-refractivity contribution in [1.29, 1.82) is 0 Å². The lowest BCUT2D eigenvalue weighted by Gasteiger charge is -2.25. The molecule has 2 aliphatic rings. The van der Waals surface area contributed by atoms with Gasteiger partial charge in [0.2, 0.25) is 0 Å². The molecule has 0 saturated heterocycles. The molecule has 164 valence electrons. The van der Waals surface area contributed by atoms with E-state index < -0.39 is 0 Å². The van der Waals surface area contributed by atoms with Gasteiger partial charge < -0.3 is 4.74 Å². The molecule has 4 nitrogen and oxygen atoms in total. The van der Waals surface area contributed by atoms with E-state index in [0.717, 1.165) is 59.4 Å². The molecule has 0 radical (unpaired) electrons. The maximum Gasteiger partial charge on any atom is 0.308 e. The standard InChI is InChI=1S/C23H42IO4/c1-3-5-7-17-26-23(25)19-9-11-20(12-10-19)24-21-13-15-22(16-14-21)28-27-18-8-6-4-2/h19-22H,3-18H2,1-2H3/q+1. The van der Waals surface area contributed by atoms with E-state index in [9.17, 15) is 4.79 Å². The Bertz CT molecular complexity index is 401. The normalized spacial score (nSPS) is 28.2. The number of alkyl halides is 2. The first kappa shape index (κ1) is 24.4. The summed E-state index contributed by atoms with van der Waals surface area (Å²) >= 11 is 0.237. The molecule has 0 atom stereocenters. The molecule has 2 aliphatic carbocycles. The van der Waals surface area contributed by atoms with Crippen molar-refractivity contribution in [3.63, 3.8) is 0 Å². The first-order valence-electron chi connectivity index (χ1n) is 11.8. The smallest absolute Gasteiger partial charge is 0.308 e. The molecule has 0 bridgehead atoms. The fraction of sp³-hybridized carbons (Fsp3) is 0.957. The van der Waals surface area contributed by atoms with Crippen LogP contribution in [0.3, 0.4) is 0 Å². The Kier molecular flexibility index (Phi) is 13.1. The first-order valence-corrected chi connectivity index (χ1v) is 14.3. The Morgan fingerprint density at radius 1 is 0.786 bits per heavy atom. The third-order valence-corrected chi connectivity index (χ3v) is 10.5. The summed E-state index contributed by atoms with van der Waals surface area (Å²) in [5.74, 6) is 0.250. The first-order chi connectivity index (χ1) is 13.7. The van der Waals surface area contributed by atoms with Gasteiger partial charge in [-0.2, -0.15) is 0 Å². The van der Waals surface area contributed by atoms with Gasteiger partial charge in [0.25, 0.3) is 21.2 Å². The summed E-state index contributed by atoms with van der Waals surface area (Å²) in [6, 6.07) is 0. The molecule has 2 rings (SSSR count). The number of unbranched alkanes of at least 4 members (excludes halogenated alkanes) is 4. The van der Waals surface area contributed by atoms with Crippen molar-refractivity contribution in [3.05, 3.63) is 0 Å². The number of hydrogen-bond donors (Lipinski definition) is 0. The van der Waals surface area contributed by atoms with Crippen molar-refractivity contribution < 1.29 is 40.5 Å². The van der Waals surface area contributed by atoms with E-state index in [0.29, 0.717) is 12.7 Å². The molecule has 0 unspecified atom stereocenters. The Morgan fingerprint density at radius 3 is 1.96 bits per heavy atom. The van der Waals surface area contributed by atoms with Crippen molar-refractivity contribution in [2.45, 2.75) is 118 Å². The zero-order chi connectivity index (χ0) is 20.0. The zero-order valence-electron chi connectivity index (χ0n) is 18.1. The van der Waals surface area contributed by atoms with Gasteiger partial charge in [-0.15, -0.1) is 0 Å². The van der Waals surface area contributed by atoms with Crippen LogP contribution in [0.1, 0.15) is 104 Å². The highest BCUT2D eigenvalue weighted by Crippen LogP contribution is 2.24. The van der Waals surface area contributed by atoms with Crippen LogP contribution in [0.2, 0.25) is 0 Å². The van der Waals surface area contributed by atoms with Gasteiger partial charge in [0, 0.05) is 0 Å². The largest absolute Gasteiger partial charge is 0.465 e. The van der Waals surface area contributed by atoms with Crippen LogP contribution in [-0.2, 0) is 19.3 Å². The molecule has 0 aromatic heterocycles. The van der Waals surface area contributed by atoms with E-state index in [2.05, 4.69) is 13.8 Å². The van der Waals surface area contributed by atoms with Crippen LogP contribution in [0.15, 0.2) is 0 Å². The van der Waals surface area contributed by atoms with Gasteiger partial charge in [0.1, 0.15) is 0 Å². The Balaban J connectivity index is 1.52. The average molecular weight is 509 g/mol. The van der Waals surface area contributed by atoms with Crippen molar-refractivity contribution in [2.24, 2.45) is 5.92 Å². The van der Waals surface area contributed by atoms with E-state index >= 15 is 0 Å². The van der Waals surface area contributed by atoms with E-state index in [-0.39, 0.29) is 33.1 Å². The number of carbonyl (C=O) groups excluding carboxylic acids is 1. The van der Waals surface area contributed by atoms with Crippen LogP contribution in [0, 0.1) is 5.92 Å². The molecule has 5 heteroatoms. The summed E-state index contributed by atoms with van der Waals surface area (Å²) in [6.45, 7) is 5.74. The number of ether oxygens (including phenoxy) is 1. The van der Waals surface area contributed by atoms with Gasteiger partial charge in [0.15, 0.2) is 7.85 Å². The molecule has 2 saturated carbocycles. The highest BCUT2D eigenvalue weighted by molar-refractivity contribution is 5.72. The van der Waals surface area contributed by atoms with Crippen molar-refractivity contribution in [2.75, 3.05) is 13.2 Å². The second kappa shape index (κ2) is 15.0. The molecule has 28 heavy (non-hydrogen) atoms. The van der Waals surface area contributed by atoms with E-state index in [1.165, 1.54) is 44.9 Å². The number of carbonyl (C=O) groups is 1. The molecule has 0 amide bonds. The quantitative estimate of drug-likeness (QED) is 0.0957. The van der Waals surface area contributed by atoms with E-state index in [1.54, 1.807) is 0 Å². The van der Waals surface area contributed by atoms with Gasteiger partial charge in [-0.3, -0.25) is 4.79 Å². The SMILES string of the molecule is CCCCCOOC1CCC([I+]C2CCC(C(=O)OCCCCC)CC2)CC1. The molecular formula is C23H42IO4+. The fourth-order valence-corrected chi connectivity index (χ4v) is 8.42. The Hall–Kier alpha value is 0.120. The summed E-state index contributed by atoms with van der Waals surface area (Å²) in [5.41, 5.74) is 0. The molecule has 0 aromatic rings. The van der Waals surface area contributed by atoms with Gasteiger partial charge in [-0.05, 0) is 64.2 Å². The molecular weight excluding hydrogens is 467 g/mol. The minimum Gasteiger partial charge on any atom is -0.465 e. The minimum absolute atomic E-state index is 0.0735. The second-order valence-corrected chi connectivity index (χ2v) is 12.7. The van der Waals surface area contributed by atoms with Crippen LogP contribution in [0.25, 0.3) is 0 Å². The number of halogens is 1. The van der Waals surface area contributed by atoms with E-state index in [4.69, 9.17) is 14.5 Å². The van der Waals surface area contributed by atoms with Crippen LogP contribution >= 0.6 is 0 Å². The zero-order valence-corrected chi connectivity index (χ0v) is 20.3. The van der Waals surface area contributed by atoms with Crippen LogP contribution in [0.4, 0.5) is 0 Å². The van der Waals surface area contributed by atoms with Gasteiger partial charge in [0.05, 0.1) is 25.2 Å². The fourth-order valence-electron chi connectivity index (χ4n) is 4.11. The van der Waals surface area contributed by atoms with Gasteiger partial charge >= 0.3 is 5.97 Å². The lowest BCUT2D eigenvalue weighted by atomic mass is 9.89. The molecule has 0 spiro atoms. The van der Waals surface area contributed by atoms with Crippen molar-refractivity contribution in [3.8, 4) is 0 Å². The lowest BCUT2D eigenvalue weighted by Crippen LogP contribution is -3.68. The monoisotopic (exact) mass is 509 g/mol. The molecule has 0 N–H and O–H groups in total. The average Bonchev–Trinajstić information content (AvgIpc) is 2.73. The summed E-state index contributed by atoms with van der Waals surface area (Å²) < 4.78 is 7.34. The number of esters is 1. The van der Waals surface area contributed by atoms with E-state index in [1.807, 2.05) is 0 Å². The van der Waals surface area contributed by atoms with Gasteiger partial charge in [-0.1, -0.05) is 39.5 Å².